The summed E-state index contributed by atoms with van der Waals surface area (Å²) in [5, 5.41) is 8.95. The van der Waals surface area contributed by atoms with Crippen molar-refractivity contribution in [3.05, 3.63) is 40.1 Å². The number of rotatable bonds is 4. The molecular formula is C14H17BrN2O. The lowest BCUT2D eigenvalue weighted by molar-refractivity contribution is 0.298. The molecule has 0 fully saturated rings. The Bertz CT molecular complexity index is 517. The first kappa shape index (κ1) is 13.3. The number of H-pyrrole nitrogens is 1. The fraction of sp³-hybridized carbons (Fsp3) is 0.357. The van der Waals surface area contributed by atoms with Gasteiger partial charge in [-0.25, -0.2) is 4.98 Å². The summed E-state index contributed by atoms with van der Waals surface area (Å²) in [5.74, 6) is 1.37. The van der Waals surface area contributed by atoms with Crippen LogP contribution in [-0.4, -0.2) is 21.7 Å². The Morgan fingerprint density at radius 3 is 2.50 bits per heavy atom. The standard InChI is InChI=1S/C14H17BrN2O/c1-9(2)10-3-5-11(6-4-10)14-16-12(7-8-18)13(15)17-14/h3-6,9,18H,7-8H2,1-2H3,(H,16,17). The summed E-state index contributed by atoms with van der Waals surface area (Å²) >= 11 is 3.40. The molecule has 0 amide bonds. The Labute approximate surface area is 115 Å². The van der Waals surface area contributed by atoms with E-state index in [0.717, 1.165) is 21.7 Å². The van der Waals surface area contributed by atoms with E-state index in [-0.39, 0.29) is 6.61 Å². The van der Waals surface area contributed by atoms with Gasteiger partial charge in [-0.2, -0.15) is 0 Å². The number of aromatic nitrogens is 2. The van der Waals surface area contributed by atoms with E-state index in [0.29, 0.717) is 12.3 Å². The van der Waals surface area contributed by atoms with E-state index in [1.807, 2.05) is 0 Å². The fourth-order valence-corrected chi connectivity index (χ4v) is 2.30. The summed E-state index contributed by atoms with van der Waals surface area (Å²) in [7, 11) is 0. The number of imidazole rings is 1. The van der Waals surface area contributed by atoms with E-state index < -0.39 is 0 Å². The van der Waals surface area contributed by atoms with E-state index >= 15 is 0 Å². The molecule has 1 aromatic carbocycles. The highest BCUT2D eigenvalue weighted by molar-refractivity contribution is 9.10. The molecule has 0 atom stereocenters. The van der Waals surface area contributed by atoms with Gasteiger partial charge in [0.15, 0.2) is 0 Å². The van der Waals surface area contributed by atoms with Gasteiger partial charge in [0.05, 0.1) is 5.69 Å². The first-order valence-electron chi connectivity index (χ1n) is 6.07. The number of aliphatic hydroxyl groups is 1. The second-order valence-corrected chi connectivity index (χ2v) is 5.36. The van der Waals surface area contributed by atoms with Crippen LogP contribution in [0.2, 0.25) is 0 Å². The van der Waals surface area contributed by atoms with E-state index in [1.165, 1.54) is 5.56 Å². The first-order chi connectivity index (χ1) is 8.61. The molecule has 2 aromatic rings. The summed E-state index contributed by atoms with van der Waals surface area (Å²) < 4.78 is 0.777. The highest BCUT2D eigenvalue weighted by atomic mass is 79.9. The minimum Gasteiger partial charge on any atom is -0.396 e. The van der Waals surface area contributed by atoms with Crippen molar-refractivity contribution in [2.75, 3.05) is 6.61 Å². The summed E-state index contributed by atoms with van der Waals surface area (Å²) in [4.78, 5) is 7.65. The van der Waals surface area contributed by atoms with E-state index in [1.54, 1.807) is 0 Å². The van der Waals surface area contributed by atoms with Crippen molar-refractivity contribution < 1.29 is 5.11 Å². The molecule has 18 heavy (non-hydrogen) atoms. The van der Waals surface area contributed by atoms with Gasteiger partial charge in [0.25, 0.3) is 0 Å². The third kappa shape index (κ3) is 2.82. The van der Waals surface area contributed by atoms with Crippen molar-refractivity contribution in [1.29, 1.82) is 0 Å². The number of nitrogens with one attached hydrogen (secondary N) is 1. The molecule has 1 aromatic heterocycles. The molecule has 4 heteroatoms. The molecule has 1 heterocycles. The number of hydrogen-bond acceptors (Lipinski definition) is 2. The van der Waals surface area contributed by atoms with Crippen molar-refractivity contribution in [2.45, 2.75) is 26.2 Å². The second-order valence-electron chi connectivity index (χ2n) is 4.61. The Balaban J connectivity index is 2.28. The van der Waals surface area contributed by atoms with Crippen molar-refractivity contribution in [2.24, 2.45) is 0 Å². The number of aliphatic hydroxyl groups excluding tert-OH is 1. The zero-order valence-electron chi connectivity index (χ0n) is 10.6. The number of aromatic amines is 1. The van der Waals surface area contributed by atoms with Gasteiger partial charge in [-0.15, -0.1) is 0 Å². The van der Waals surface area contributed by atoms with E-state index in [2.05, 4.69) is 64.0 Å². The van der Waals surface area contributed by atoms with Crippen LogP contribution in [0.15, 0.2) is 28.9 Å². The van der Waals surface area contributed by atoms with Crippen LogP contribution >= 0.6 is 15.9 Å². The molecule has 2 N–H and O–H groups in total. The lowest BCUT2D eigenvalue weighted by Gasteiger charge is -2.05. The van der Waals surface area contributed by atoms with Gasteiger partial charge in [0.1, 0.15) is 10.4 Å². The van der Waals surface area contributed by atoms with Crippen LogP contribution in [0, 0.1) is 0 Å². The minimum absolute atomic E-state index is 0.118. The van der Waals surface area contributed by atoms with Crippen molar-refractivity contribution in [3.8, 4) is 11.4 Å². The Hall–Kier alpha value is -1.13. The first-order valence-corrected chi connectivity index (χ1v) is 6.86. The second kappa shape index (κ2) is 5.67. The predicted molar refractivity (Wildman–Crippen MR) is 76.6 cm³/mol. The van der Waals surface area contributed by atoms with Crippen molar-refractivity contribution >= 4 is 15.9 Å². The number of halogens is 1. The van der Waals surface area contributed by atoms with Gasteiger partial charge in [0.2, 0.25) is 0 Å². The molecule has 0 unspecified atom stereocenters. The maximum atomic E-state index is 8.95. The molecule has 0 saturated heterocycles. The molecule has 2 rings (SSSR count). The Morgan fingerprint density at radius 1 is 1.28 bits per heavy atom. The topological polar surface area (TPSA) is 48.9 Å². The summed E-state index contributed by atoms with van der Waals surface area (Å²) in [5.41, 5.74) is 3.31. The molecule has 0 saturated carbocycles. The molecule has 96 valence electrons. The summed E-state index contributed by atoms with van der Waals surface area (Å²) in [6.45, 7) is 4.47. The lowest BCUT2D eigenvalue weighted by atomic mass is 10.0. The maximum absolute atomic E-state index is 8.95. The number of hydrogen-bond donors (Lipinski definition) is 2. The number of nitrogens with zero attached hydrogens (tertiary/aromatic N) is 1. The highest BCUT2D eigenvalue weighted by Gasteiger charge is 2.09. The van der Waals surface area contributed by atoms with Crippen LogP contribution in [0.1, 0.15) is 31.0 Å². The van der Waals surface area contributed by atoms with Gasteiger partial charge in [-0.3, -0.25) is 0 Å². The maximum Gasteiger partial charge on any atom is 0.138 e. The molecule has 0 aliphatic heterocycles. The number of benzene rings is 1. The molecule has 0 spiro atoms. The molecular weight excluding hydrogens is 292 g/mol. The average molecular weight is 309 g/mol. The van der Waals surface area contributed by atoms with Gasteiger partial charge < -0.3 is 10.1 Å². The smallest absolute Gasteiger partial charge is 0.138 e. The van der Waals surface area contributed by atoms with Gasteiger partial charge in [-0.05, 0) is 27.4 Å². The quantitative estimate of drug-likeness (QED) is 0.908. The van der Waals surface area contributed by atoms with Crippen LogP contribution in [0.3, 0.4) is 0 Å². The zero-order chi connectivity index (χ0) is 13.1. The summed E-state index contributed by atoms with van der Waals surface area (Å²) in [6.07, 6.45) is 0.581. The predicted octanol–water partition coefficient (Wildman–Crippen LogP) is 3.50. The van der Waals surface area contributed by atoms with E-state index in [9.17, 15) is 0 Å². The zero-order valence-corrected chi connectivity index (χ0v) is 12.2. The van der Waals surface area contributed by atoms with Gasteiger partial charge >= 0.3 is 0 Å². The Kier molecular flexibility index (Phi) is 4.19. The van der Waals surface area contributed by atoms with Gasteiger partial charge in [-0.1, -0.05) is 38.1 Å². The SMILES string of the molecule is CC(C)c1ccc(-c2nc(Br)c(CCO)[nH]2)cc1. The van der Waals surface area contributed by atoms with Crippen LogP contribution in [0.5, 0.6) is 0 Å². The fourth-order valence-electron chi connectivity index (χ4n) is 1.83. The van der Waals surface area contributed by atoms with Crippen molar-refractivity contribution in [1.82, 2.24) is 9.97 Å². The normalized spacial score (nSPS) is 11.2. The van der Waals surface area contributed by atoms with Crippen LogP contribution in [0.4, 0.5) is 0 Å². The monoisotopic (exact) mass is 308 g/mol. The highest BCUT2D eigenvalue weighted by Crippen LogP contribution is 2.24. The molecule has 0 aliphatic carbocycles. The van der Waals surface area contributed by atoms with Crippen LogP contribution in [0.25, 0.3) is 11.4 Å². The largest absolute Gasteiger partial charge is 0.396 e. The minimum atomic E-state index is 0.118. The Morgan fingerprint density at radius 2 is 1.94 bits per heavy atom. The van der Waals surface area contributed by atoms with Crippen LogP contribution in [-0.2, 0) is 6.42 Å². The molecule has 0 aliphatic rings. The molecule has 3 nitrogen and oxygen atoms in total. The van der Waals surface area contributed by atoms with E-state index in [4.69, 9.17) is 5.11 Å². The lowest BCUT2D eigenvalue weighted by Crippen LogP contribution is -1.91. The van der Waals surface area contributed by atoms with Crippen LogP contribution < -0.4 is 0 Å². The summed E-state index contributed by atoms with van der Waals surface area (Å²) in [6, 6.07) is 8.40. The average Bonchev–Trinajstić information content (AvgIpc) is 2.72. The molecule has 0 radical (unpaired) electrons. The van der Waals surface area contributed by atoms with Gasteiger partial charge in [0, 0.05) is 18.6 Å². The molecule has 0 bridgehead atoms. The van der Waals surface area contributed by atoms with Crippen molar-refractivity contribution in [3.63, 3.8) is 0 Å². The third-order valence-corrected chi connectivity index (χ3v) is 3.60. The third-order valence-electron chi connectivity index (χ3n) is 2.94.